The van der Waals surface area contributed by atoms with Crippen LogP contribution in [0.5, 0.6) is 0 Å². The van der Waals surface area contributed by atoms with E-state index in [1.165, 1.54) is 4.31 Å². The van der Waals surface area contributed by atoms with E-state index in [1.807, 2.05) is 18.2 Å². The zero-order valence-electron chi connectivity index (χ0n) is 8.80. The van der Waals surface area contributed by atoms with Crippen LogP contribution >= 0.6 is 11.8 Å². The monoisotopic (exact) mass is 258 g/mol. The van der Waals surface area contributed by atoms with E-state index < -0.39 is 10.2 Å². The summed E-state index contributed by atoms with van der Waals surface area (Å²) in [6.45, 7) is 1.18. The average Bonchev–Trinajstić information content (AvgIpc) is 2.31. The van der Waals surface area contributed by atoms with Gasteiger partial charge >= 0.3 is 10.2 Å². The van der Waals surface area contributed by atoms with Gasteiger partial charge in [-0.2, -0.15) is 24.5 Å². The van der Waals surface area contributed by atoms with Gasteiger partial charge in [-0.3, -0.25) is 4.72 Å². The van der Waals surface area contributed by atoms with E-state index in [2.05, 4.69) is 4.72 Å². The zero-order valence-corrected chi connectivity index (χ0v) is 10.4. The second kappa shape index (κ2) is 5.07. The predicted molar refractivity (Wildman–Crippen MR) is 67.9 cm³/mol. The molecule has 0 amide bonds. The number of benzene rings is 1. The van der Waals surface area contributed by atoms with E-state index in [-0.39, 0.29) is 0 Å². The lowest BCUT2D eigenvalue weighted by Gasteiger charge is -2.25. The number of hydrogen-bond acceptors (Lipinski definition) is 3. The van der Waals surface area contributed by atoms with Crippen LogP contribution in [-0.2, 0) is 10.2 Å². The lowest BCUT2D eigenvalue weighted by molar-refractivity contribution is 0.448. The number of nitrogens with one attached hydrogen (secondary N) is 1. The molecule has 0 radical (unpaired) electrons. The van der Waals surface area contributed by atoms with Crippen molar-refractivity contribution in [3.8, 4) is 0 Å². The van der Waals surface area contributed by atoms with Crippen LogP contribution < -0.4 is 4.72 Å². The number of hydrogen-bond donors (Lipinski definition) is 1. The fourth-order valence-corrected chi connectivity index (χ4v) is 3.87. The predicted octanol–water partition coefficient (Wildman–Crippen LogP) is 1.39. The third-order valence-electron chi connectivity index (χ3n) is 2.33. The Labute approximate surface area is 100 Å². The van der Waals surface area contributed by atoms with Crippen molar-refractivity contribution in [3.05, 3.63) is 30.3 Å². The molecule has 4 nitrogen and oxygen atoms in total. The molecule has 88 valence electrons. The fourth-order valence-electron chi connectivity index (χ4n) is 1.51. The normalized spacial score (nSPS) is 18.2. The average molecular weight is 258 g/mol. The van der Waals surface area contributed by atoms with Crippen LogP contribution in [0.2, 0.25) is 0 Å². The molecule has 2 rings (SSSR count). The standard InChI is InChI=1S/C10H14N2O2S2/c13-16(14,12-6-8-15-9-7-12)11-10-4-2-1-3-5-10/h1-5,11H,6-9H2. The molecule has 0 aromatic heterocycles. The third-order valence-corrected chi connectivity index (χ3v) is 4.81. The molecule has 1 aliphatic rings. The van der Waals surface area contributed by atoms with Crippen molar-refractivity contribution in [2.75, 3.05) is 29.3 Å². The topological polar surface area (TPSA) is 49.4 Å². The van der Waals surface area contributed by atoms with Crippen LogP contribution in [0.4, 0.5) is 5.69 Å². The highest BCUT2D eigenvalue weighted by atomic mass is 32.2. The first-order valence-electron chi connectivity index (χ1n) is 5.09. The second-order valence-electron chi connectivity index (χ2n) is 3.48. The summed E-state index contributed by atoms with van der Waals surface area (Å²) in [7, 11) is -3.37. The van der Waals surface area contributed by atoms with Crippen molar-refractivity contribution in [2.45, 2.75) is 0 Å². The van der Waals surface area contributed by atoms with Crippen LogP contribution in [0, 0.1) is 0 Å². The lowest BCUT2D eigenvalue weighted by Crippen LogP contribution is -2.41. The quantitative estimate of drug-likeness (QED) is 0.891. The first-order valence-corrected chi connectivity index (χ1v) is 7.69. The highest BCUT2D eigenvalue weighted by molar-refractivity contribution is 7.99. The van der Waals surface area contributed by atoms with Gasteiger partial charge in [-0.15, -0.1) is 0 Å². The molecule has 1 aromatic rings. The molecule has 0 atom stereocenters. The Morgan fingerprint density at radius 1 is 1.12 bits per heavy atom. The van der Waals surface area contributed by atoms with Crippen LogP contribution in [0.25, 0.3) is 0 Å². The van der Waals surface area contributed by atoms with Gasteiger partial charge in [0, 0.05) is 30.3 Å². The van der Waals surface area contributed by atoms with E-state index >= 15 is 0 Å². The summed E-state index contributed by atoms with van der Waals surface area (Å²) >= 11 is 1.79. The van der Waals surface area contributed by atoms with Crippen molar-refractivity contribution < 1.29 is 8.42 Å². The highest BCUT2D eigenvalue weighted by Gasteiger charge is 2.23. The molecular formula is C10H14N2O2S2. The van der Waals surface area contributed by atoms with E-state index in [9.17, 15) is 8.42 Å². The summed E-state index contributed by atoms with van der Waals surface area (Å²) in [5, 5.41) is 0. The molecule has 1 N–H and O–H groups in total. The van der Waals surface area contributed by atoms with Crippen molar-refractivity contribution in [3.63, 3.8) is 0 Å². The Bertz CT molecular complexity index is 427. The molecule has 1 aliphatic heterocycles. The summed E-state index contributed by atoms with van der Waals surface area (Å²) in [6.07, 6.45) is 0. The molecule has 0 saturated carbocycles. The Kier molecular flexibility index (Phi) is 3.73. The largest absolute Gasteiger partial charge is 0.301 e. The number of thioether (sulfide) groups is 1. The molecule has 0 bridgehead atoms. The van der Waals surface area contributed by atoms with Gasteiger partial charge < -0.3 is 0 Å². The van der Waals surface area contributed by atoms with Crippen molar-refractivity contribution in [1.29, 1.82) is 0 Å². The SMILES string of the molecule is O=S(=O)(Nc1ccccc1)N1CCSCC1. The summed E-state index contributed by atoms with van der Waals surface area (Å²) in [5.41, 5.74) is 0.612. The summed E-state index contributed by atoms with van der Waals surface area (Å²) in [5.74, 6) is 1.74. The number of rotatable bonds is 3. The van der Waals surface area contributed by atoms with E-state index in [1.54, 1.807) is 23.9 Å². The van der Waals surface area contributed by atoms with Crippen molar-refractivity contribution >= 4 is 27.7 Å². The van der Waals surface area contributed by atoms with E-state index in [0.29, 0.717) is 18.8 Å². The number of para-hydroxylation sites is 1. The summed E-state index contributed by atoms with van der Waals surface area (Å²) < 4.78 is 28.0. The van der Waals surface area contributed by atoms with E-state index in [4.69, 9.17) is 0 Å². The Morgan fingerprint density at radius 3 is 2.38 bits per heavy atom. The van der Waals surface area contributed by atoms with Gasteiger partial charge in [0.25, 0.3) is 0 Å². The van der Waals surface area contributed by atoms with Crippen molar-refractivity contribution in [1.82, 2.24) is 4.31 Å². The third kappa shape index (κ3) is 2.90. The molecule has 6 heteroatoms. The first kappa shape index (κ1) is 11.8. The van der Waals surface area contributed by atoms with Gasteiger partial charge in [0.2, 0.25) is 0 Å². The molecule has 16 heavy (non-hydrogen) atoms. The Balaban J connectivity index is 2.08. The summed E-state index contributed by atoms with van der Waals surface area (Å²) in [6, 6.07) is 8.97. The minimum absolute atomic E-state index is 0.590. The fraction of sp³-hybridized carbons (Fsp3) is 0.400. The Hall–Kier alpha value is -0.720. The van der Waals surface area contributed by atoms with Gasteiger partial charge in [0.1, 0.15) is 0 Å². The van der Waals surface area contributed by atoms with Gasteiger partial charge in [0.15, 0.2) is 0 Å². The minimum Gasteiger partial charge on any atom is -0.271 e. The maximum Gasteiger partial charge on any atom is 0.301 e. The maximum atomic E-state index is 12.0. The lowest BCUT2D eigenvalue weighted by atomic mass is 10.3. The summed E-state index contributed by atoms with van der Waals surface area (Å²) in [4.78, 5) is 0. The molecule has 1 fully saturated rings. The number of anilines is 1. The van der Waals surface area contributed by atoms with Crippen molar-refractivity contribution in [2.24, 2.45) is 0 Å². The zero-order chi connectivity index (χ0) is 11.4. The van der Waals surface area contributed by atoms with Crippen LogP contribution in [-0.4, -0.2) is 37.3 Å². The van der Waals surface area contributed by atoms with Gasteiger partial charge in [-0.1, -0.05) is 18.2 Å². The molecule has 0 unspecified atom stereocenters. The first-order chi connectivity index (χ1) is 7.68. The van der Waals surface area contributed by atoms with Crippen LogP contribution in [0.1, 0.15) is 0 Å². The van der Waals surface area contributed by atoms with Gasteiger partial charge in [0.05, 0.1) is 0 Å². The second-order valence-corrected chi connectivity index (χ2v) is 6.38. The molecule has 1 saturated heterocycles. The van der Waals surface area contributed by atoms with E-state index in [0.717, 1.165) is 11.5 Å². The van der Waals surface area contributed by atoms with Gasteiger partial charge in [-0.05, 0) is 12.1 Å². The van der Waals surface area contributed by atoms with Crippen LogP contribution in [0.3, 0.4) is 0 Å². The highest BCUT2D eigenvalue weighted by Crippen LogP contribution is 2.15. The molecule has 0 spiro atoms. The Morgan fingerprint density at radius 2 is 1.75 bits per heavy atom. The smallest absolute Gasteiger partial charge is 0.271 e. The van der Waals surface area contributed by atoms with Crippen LogP contribution in [0.15, 0.2) is 30.3 Å². The maximum absolute atomic E-state index is 12.0. The molecular weight excluding hydrogens is 244 g/mol. The molecule has 1 heterocycles. The number of nitrogens with zero attached hydrogens (tertiary/aromatic N) is 1. The molecule has 0 aliphatic carbocycles. The minimum atomic E-state index is -3.37. The van der Waals surface area contributed by atoms with Gasteiger partial charge in [-0.25, -0.2) is 0 Å². The molecule has 1 aromatic carbocycles.